The zero-order chi connectivity index (χ0) is 15.3. The Bertz CT molecular complexity index is 466. The summed E-state index contributed by atoms with van der Waals surface area (Å²) in [5.41, 5.74) is 0.573. The number of hydrogen-bond donors (Lipinski definition) is 2. The van der Waals surface area contributed by atoms with Crippen LogP contribution < -0.4 is 4.74 Å². The van der Waals surface area contributed by atoms with E-state index in [0.29, 0.717) is 12.2 Å². The number of benzene rings is 1. The molecule has 0 aliphatic carbocycles. The molecule has 1 aromatic carbocycles. The second-order valence-electron chi connectivity index (χ2n) is 5.75. The van der Waals surface area contributed by atoms with Crippen LogP contribution in [-0.2, 0) is 10.2 Å². The monoisotopic (exact) mass is 280 g/mol. The topological polar surface area (TPSA) is 66.8 Å². The Morgan fingerprint density at radius 2 is 2.05 bits per heavy atom. The molecule has 20 heavy (non-hydrogen) atoms. The fraction of sp³-hybridized carbons (Fsp3) is 0.562. The molecule has 0 aromatic heterocycles. The highest BCUT2D eigenvalue weighted by Gasteiger charge is 2.23. The summed E-state index contributed by atoms with van der Waals surface area (Å²) in [6, 6.07) is 4.84. The van der Waals surface area contributed by atoms with Gasteiger partial charge in [-0.15, -0.1) is 0 Å². The van der Waals surface area contributed by atoms with Crippen LogP contribution in [-0.4, -0.2) is 22.8 Å². The largest absolute Gasteiger partial charge is 0.508 e. The lowest BCUT2D eigenvalue weighted by Gasteiger charge is -2.24. The number of aliphatic hydroxyl groups is 1. The summed E-state index contributed by atoms with van der Waals surface area (Å²) >= 11 is 0. The molecule has 0 saturated carbocycles. The van der Waals surface area contributed by atoms with E-state index in [1.807, 2.05) is 20.8 Å². The fourth-order valence-corrected chi connectivity index (χ4v) is 1.84. The Morgan fingerprint density at radius 1 is 1.40 bits per heavy atom. The van der Waals surface area contributed by atoms with E-state index in [1.165, 1.54) is 0 Å². The quantitative estimate of drug-likeness (QED) is 0.621. The smallest absolute Gasteiger partial charge is 0.314 e. The van der Waals surface area contributed by atoms with Crippen molar-refractivity contribution in [3.8, 4) is 11.5 Å². The van der Waals surface area contributed by atoms with Crippen molar-refractivity contribution in [3.63, 3.8) is 0 Å². The molecule has 0 amide bonds. The summed E-state index contributed by atoms with van der Waals surface area (Å²) in [6.07, 6.45) is 1.24. The molecule has 0 radical (unpaired) electrons. The van der Waals surface area contributed by atoms with E-state index in [2.05, 4.69) is 0 Å². The number of carbonyl (C=O) groups excluding carboxylic acids is 1. The number of hydrogen-bond acceptors (Lipinski definition) is 4. The lowest BCUT2D eigenvalue weighted by molar-refractivity contribution is -0.138. The average molecular weight is 280 g/mol. The van der Waals surface area contributed by atoms with Gasteiger partial charge in [-0.1, -0.05) is 27.7 Å². The zero-order valence-corrected chi connectivity index (χ0v) is 12.6. The highest BCUT2D eigenvalue weighted by Crippen LogP contribution is 2.36. The first kappa shape index (κ1) is 16.5. The van der Waals surface area contributed by atoms with Gasteiger partial charge in [-0.25, -0.2) is 0 Å². The second-order valence-corrected chi connectivity index (χ2v) is 5.75. The lowest BCUT2D eigenvalue weighted by Crippen LogP contribution is -2.20. The van der Waals surface area contributed by atoms with Crippen LogP contribution in [0.3, 0.4) is 0 Å². The van der Waals surface area contributed by atoms with Crippen LogP contribution in [0.5, 0.6) is 11.5 Å². The SMILES string of the molecule is CCC(C)(C)c1cc(OC(=O)C(C)CCO)ccc1O. The Morgan fingerprint density at radius 3 is 2.60 bits per heavy atom. The molecule has 1 aromatic rings. The van der Waals surface area contributed by atoms with Gasteiger partial charge >= 0.3 is 5.97 Å². The minimum atomic E-state index is -0.370. The van der Waals surface area contributed by atoms with E-state index < -0.39 is 0 Å². The molecule has 0 bridgehead atoms. The Balaban J connectivity index is 2.93. The first-order valence-corrected chi connectivity index (χ1v) is 6.98. The van der Waals surface area contributed by atoms with Gasteiger partial charge in [0.25, 0.3) is 0 Å². The van der Waals surface area contributed by atoms with Crippen molar-refractivity contribution in [2.75, 3.05) is 6.61 Å². The van der Waals surface area contributed by atoms with Crippen molar-refractivity contribution in [1.82, 2.24) is 0 Å². The third-order valence-corrected chi connectivity index (χ3v) is 3.76. The summed E-state index contributed by atoms with van der Waals surface area (Å²) in [5, 5.41) is 18.8. The van der Waals surface area contributed by atoms with E-state index in [9.17, 15) is 9.90 Å². The molecule has 0 spiro atoms. The number of ether oxygens (including phenoxy) is 1. The number of esters is 1. The molecule has 1 atom stereocenters. The Kier molecular flexibility index (Phi) is 5.57. The van der Waals surface area contributed by atoms with Crippen LogP contribution in [0.25, 0.3) is 0 Å². The molecule has 0 aliphatic rings. The van der Waals surface area contributed by atoms with Gasteiger partial charge in [0, 0.05) is 12.2 Å². The summed E-state index contributed by atoms with van der Waals surface area (Å²) in [6.45, 7) is 7.78. The number of carbonyl (C=O) groups is 1. The maximum absolute atomic E-state index is 11.8. The number of phenols is 1. The van der Waals surface area contributed by atoms with E-state index in [-0.39, 0.29) is 29.7 Å². The normalized spacial score (nSPS) is 13.1. The molecule has 1 unspecified atom stereocenters. The number of aromatic hydroxyl groups is 1. The molecule has 112 valence electrons. The van der Waals surface area contributed by atoms with E-state index >= 15 is 0 Å². The highest BCUT2D eigenvalue weighted by molar-refractivity contribution is 5.74. The van der Waals surface area contributed by atoms with Gasteiger partial charge in [-0.05, 0) is 36.5 Å². The third kappa shape index (κ3) is 3.97. The molecule has 1 rings (SSSR count). The average Bonchev–Trinajstić information content (AvgIpc) is 2.41. The molecular weight excluding hydrogens is 256 g/mol. The van der Waals surface area contributed by atoms with Gasteiger partial charge < -0.3 is 14.9 Å². The molecule has 0 saturated heterocycles. The first-order chi connectivity index (χ1) is 9.31. The number of rotatable bonds is 6. The van der Waals surface area contributed by atoms with E-state index in [4.69, 9.17) is 9.84 Å². The van der Waals surface area contributed by atoms with Gasteiger partial charge in [0.05, 0.1) is 5.92 Å². The molecule has 4 heteroatoms. The van der Waals surface area contributed by atoms with Gasteiger partial charge in [-0.3, -0.25) is 4.79 Å². The van der Waals surface area contributed by atoms with Crippen molar-refractivity contribution >= 4 is 5.97 Å². The standard InChI is InChI=1S/C16H24O4/c1-5-16(3,4)13-10-12(6-7-14(13)18)20-15(19)11(2)8-9-17/h6-7,10-11,17-18H,5,8-9H2,1-4H3. The van der Waals surface area contributed by atoms with Gasteiger partial charge in [0.1, 0.15) is 11.5 Å². The molecule has 0 heterocycles. The predicted molar refractivity (Wildman–Crippen MR) is 77.9 cm³/mol. The lowest BCUT2D eigenvalue weighted by atomic mass is 9.81. The summed E-state index contributed by atoms with van der Waals surface area (Å²) < 4.78 is 5.30. The van der Waals surface area contributed by atoms with E-state index in [0.717, 1.165) is 12.0 Å². The van der Waals surface area contributed by atoms with Crippen molar-refractivity contribution < 1.29 is 19.7 Å². The van der Waals surface area contributed by atoms with Crippen LogP contribution in [0.2, 0.25) is 0 Å². The van der Waals surface area contributed by atoms with Crippen molar-refractivity contribution in [2.24, 2.45) is 5.92 Å². The number of aliphatic hydroxyl groups excluding tert-OH is 1. The molecule has 0 aliphatic heterocycles. The second kappa shape index (κ2) is 6.75. The van der Waals surface area contributed by atoms with Crippen LogP contribution in [0, 0.1) is 5.92 Å². The molecular formula is C16H24O4. The highest BCUT2D eigenvalue weighted by atomic mass is 16.5. The van der Waals surface area contributed by atoms with Gasteiger partial charge in [0.2, 0.25) is 0 Å². The van der Waals surface area contributed by atoms with Crippen LogP contribution in [0.1, 0.15) is 46.1 Å². The first-order valence-electron chi connectivity index (χ1n) is 6.98. The van der Waals surface area contributed by atoms with Gasteiger partial charge in [0.15, 0.2) is 0 Å². The third-order valence-electron chi connectivity index (χ3n) is 3.76. The van der Waals surface area contributed by atoms with Crippen molar-refractivity contribution in [1.29, 1.82) is 0 Å². The van der Waals surface area contributed by atoms with Crippen LogP contribution >= 0.6 is 0 Å². The van der Waals surface area contributed by atoms with Crippen molar-refractivity contribution in [2.45, 2.75) is 46.0 Å². The summed E-state index contributed by atoms with van der Waals surface area (Å²) in [5.74, 6) is -0.0874. The minimum Gasteiger partial charge on any atom is -0.508 e. The minimum absolute atomic E-state index is 0.0417. The molecule has 2 N–H and O–H groups in total. The molecule has 4 nitrogen and oxygen atoms in total. The maximum atomic E-state index is 11.8. The Hall–Kier alpha value is -1.55. The van der Waals surface area contributed by atoms with Gasteiger partial charge in [-0.2, -0.15) is 0 Å². The van der Waals surface area contributed by atoms with Crippen LogP contribution in [0.15, 0.2) is 18.2 Å². The summed E-state index contributed by atoms with van der Waals surface area (Å²) in [7, 11) is 0. The Labute approximate surface area is 120 Å². The predicted octanol–water partition coefficient (Wildman–Crippen LogP) is 3.00. The zero-order valence-electron chi connectivity index (χ0n) is 12.6. The van der Waals surface area contributed by atoms with E-state index in [1.54, 1.807) is 25.1 Å². The fourth-order valence-electron chi connectivity index (χ4n) is 1.84. The maximum Gasteiger partial charge on any atom is 0.314 e. The summed E-state index contributed by atoms with van der Waals surface area (Å²) in [4.78, 5) is 11.8. The molecule has 0 fully saturated rings. The number of phenolic OH excluding ortho intramolecular Hbond substituents is 1. The van der Waals surface area contributed by atoms with Crippen molar-refractivity contribution in [3.05, 3.63) is 23.8 Å². The van der Waals surface area contributed by atoms with Crippen LogP contribution in [0.4, 0.5) is 0 Å².